The number of nitrogens with zero attached hydrogens (tertiary/aromatic N) is 1. The van der Waals surface area contributed by atoms with Crippen LogP contribution >= 0.6 is 35.5 Å². The number of esters is 1. The molecule has 1 N–H and O–H groups in total. The molecule has 1 aliphatic rings. The van der Waals surface area contributed by atoms with Gasteiger partial charge in [-0.3, -0.25) is 9.69 Å². The van der Waals surface area contributed by atoms with E-state index in [-0.39, 0.29) is 30.0 Å². The van der Waals surface area contributed by atoms with E-state index in [1.165, 1.54) is 28.7 Å². The van der Waals surface area contributed by atoms with Crippen LogP contribution in [0.25, 0.3) is 0 Å². The van der Waals surface area contributed by atoms with Gasteiger partial charge in [-0.2, -0.15) is 0 Å². The van der Waals surface area contributed by atoms with Gasteiger partial charge in [0.1, 0.15) is 5.00 Å². The van der Waals surface area contributed by atoms with Crippen molar-refractivity contribution in [3.05, 3.63) is 82.2 Å². The summed E-state index contributed by atoms with van der Waals surface area (Å²) in [4.78, 5) is 29.9. The second-order valence-electron chi connectivity index (χ2n) is 7.52. The fourth-order valence-corrected chi connectivity index (χ4v) is 5.78. The van der Waals surface area contributed by atoms with Gasteiger partial charge in [0.15, 0.2) is 0 Å². The molecule has 0 spiro atoms. The van der Waals surface area contributed by atoms with E-state index in [2.05, 4.69) is 34.5 Å². The molecule has 1 aliphatic heterocycles. The van der Waals surface area contributed by atoms with Crippen LogP contribution < -0.4 is 5.32 Å². The summed E-state index contributed by atoms with van der Waals surface area (Å²) in [5, 5.41) is 3.59. The van der Waals surface area contributed by atoms with Gasteiger partial charge in [0, 0.05) is 29.4 Å². The Bertz CT molecular complexity index is 1070. The minimum Gasteiger partial charge on any atom is -0.462 e. The minimum absolute atomic E-state index is 0. The number of hydrogen-bond donors (Lipinski definition) is 1. The Labute approximate surface area is 208 Å². The largest absolute Gasteiger partial charge is 0.462 e. The average molecular weight is 503 g/mol. The fourth-order valence-electron chi connectivity index (χ4n) is 3.77. The average Bonchev–Trinajstić information content (AvgIpc) is 3.16. The summed E-state index contributed by atoms with van der Waals surface area (Å²) >= 11 is 2.97. The number of ether oxygens (including phenoxy) is 1. The van der Waals surface area contributed by atoms with Gasteiger partial charge < -0.3 is 10.1 Å². The Morgan fingerprint density at radius 3 is 2.48 bits per heavy atom. The van der Waals surface area contributed by atoms with Crippen molar-refractivity contribution in [2.75, 3.05) is 24.2 Å². The predicted molar refractivity (Wildman–Crippen MR) is 138 cm³/mol. The van der Waals surface area contributed by atoms with Crippen LogP contribution in [-0.4, -0.2) is 35.7 Å². The van der Waals surface area contributed by atoms with E-state index in [1.54, 1.807) is 6.92 Å². The number of hydrogen-bond acceptors (Lipinski definition) is 6. The number of rotatable bonds is 8. The lowest BCUT2D eigenvalue weighted by molar-refractivity contribution is -0.113. The first kappa shape index (κ1) is 25.3. The zero-order chi connectivity index (χ0) is 22.3. The second-order valence-corrected chi connectivity index (χ2v) is 9.68. The third-order valence-electron chi connectivity index (χ3n) is 5.23. The van der Waals surface area contributed by atoms with E-state index >= 15 is 0 Å². The zero-order valence-corrected chi connectivity index (χ0v) is 20.9. The van der Waals surface area contributed by atoms with Crippen molar-refractivity contribution in [2.45, 2.75) is 31.3 Å². The quantitative estimate of drug-likeness (QED) is 0.319. The predicted octanol–water partition coefficient (Wildman–Crippen LogP) is 5.64. The van der Waals surface area contributed by atoms with Crippen LogP contribution in [0.4, 0.5) is 5.00 Å². The lowest BCUT2D eigenvalue weighted by Gasteiger charge is -2.27. The van der Waals surface area contributed by atoms with Gasteiger partial charge in [-0.1, -0.05) is 48.5 Å². The van der Waals surface area contributed by atoms with Crippen LogP contribution in [0.2, 0.25) is 0 Å². The third kappa shape index (κ3) is 6.60. The molecule has 0 saturated heterocycles. The van der Waals surface area contributed by atoms with Gasteiger partial charge in [0.2, 0.25) is 5.91 Å². The molecule has 0 saturated carbocycles. The lowest BCUT2D eigenvalue weighted by atomic mass is 10.0. The maximum atomic E-state index is 12.7. The molecular weight excluding hydrogens is 476 g/mol. The lowest BCUT2D eigenvalue weighted by Crippen LogP contribution is -2.30. The number of halogens is 1. The van der Waals surface area contributed by atoms with Crippen LogP contribution in [0.15, 0.2) is 65.6 Å². The number of thiophene rings is 1. The first-order valence-corrected chi connectivity index (χ1v) is 12.5. The smallest absolute Gasteiger partial charge is 0.341 e. The molecule has 0 unspecified atom stereocenters. The number of carbonyl (C=O) groups is 2. The normalized spacial score (nSPS) is 13.0. The summed E-state index contributed by atoms with van der Waals surface area (Å²) in [5.74, 6) is -0.189. The van der Waals surface area contributed by atoms with Gasteiger partial charge in [0.05, 0.1) is 17.9 Å². The van der Waals surface area contributed by atoms with Crippen molar-refractivity contribution in [1.82, 2.24) is 4.90 Å². The summed E-state index contributed by atoms with van der Waals surface area (Å²) < 4.78 is 5.32. The van der Waals surface area contributed by atoms with Crippen molar-refractivity contribution in [3.8, 4) is 0 Å². The molecule has 0 atom stereocenters. The zero-order valence-electron chi connectivity index (χ0n) is 18.4. The number of anilines is 1. The summed E-state index contributed by atoms with van der Waals surface area (Å²) in [6.45, 7) is 4.59. The van der Waals surface area contributed by atoms with E-state index in [4.69, 9.17) is 4.74 Å². The summed E-state index contributed by atoms with van der Waals surface area (Å²) in [6, 6.07) is 20.2. The van der Waals surface area contributed by atoms with Crippen molar-refractivity contribution in [1.29, 1.82) is 0 Å². The molecule has 0 aliphatic carbocycles. The first-order valence-electron chi connectivity index (χ1n) is 10.7. The number of nitrogens with one attached hydrogen (secondary N) is 1. The van der Waals surface area contributed by atoms with Crippen LogP contribution in [-0.2, 0) is 29.0 Å². The molecule has 3 aromatic rings. The molecule has 5 nitrogen and oxygen atoms in total. The maximum Gasteiger partial charge on any atom is 0.341 e. The van der Waals surface area contributed by atoms with E-state index in [0.717, 1.165) is 41.4 Å². The molecule has 4 rings (SSSR count). The molecule has 0 fully saturated rings. The number of thioether (sulfide) groups is 1. The van der Waals surface area contributed by atoms with Crippen molar-refractivity contribution < 1.29 is 14.3 Å². The van der Waals surface area contributed by atoms with Gasteiger partial charge in [-0.05, 0) is 36.6 Å². The Balaban J connectivity index is 0.00000306. The standard InChI is InChI=1S/C25H26N2O3S2.ClH/c1-2-30-25(29)23-20-13-14-27(15-18-9-5-3-6-10-18)16-21(20)32-24(23)26-22(28)17-31-19-11-7-4-8-12-19;/h3-12H,2,13-17H2,1H3,(H,26,28);1H. The molecule has 1 aromatic heterocycles. The van der Waals surface area contributed by atoms with Crippen LogP contribution in [0.5, 0.6) is 0 Å². The summed E-state index contributed by atoms with van der Waals surface area (Å²) in [7, 11) is 0. The molecule has 2 heterocycles. The van der Waals surface area contributed by atoms with Gasteiger partial charge in [-0.25, -0.2) is 4.79 Å². The molecular formula is C25H27ClN2O3S2. The summed E-state index contributed by atoms with van der Waals surface area (Å²) in [6.07, 6.45) is 0.765. The molecule has 1 amide bonds. The maximum absolute atomic E-state index is 12.7. The molecule has 0 radical (unpaired) electrons. The molecule has 174 valence electrons. The van der Waals surface area contributed by atoms with Gasteiger partial charge in [-0.15, -0.1) is 35.5 Å². The Morgan fingerprint density at radius 2 is 1.79 bits per heavy atom. The Hall–Kier alpha value is -2.32. The van der Waals surface area contributed by atoms with E-state index in [1.807, 2.05) is 36.4 Å². The fraction of sp³-hybridized carbons (Fsp3) is 0.280. The molecule has 0 bridgehead atoms. The van der Waals surface area contributed by atoms with Gasteiger partial charge in [0.25, 0.3) is 0 Å². The Morgan fingerprint density at radius 1 is 1.09 bits per heavy atom. The Kier molecular flexibility index (Phi) is 9.38. The first-order chi connectivity index (χ1) is 15.6. The minimum atomic E-state index is -0.354. The highest BCUT2D eigenvalue weighted by Crippen LogP contribution is 2.38. The van der Waals surface area contributed by atoms with Crippen LogP contribution in [0, 0.1) is 0 Å². The third-order valence-corrected chi connectivity index (χ3v) is 7.37. The molecule has 2 aromatic carbocycles. The molecule has 33 heavy (non-hydrogen) atoms. The van der Waals surface area contributed by atoms with E-state index in [0.29, 0.717) is 17.2 Å². The SMILES string of the molecule is CCOC(=O)c1c(NC(=O)CSc2ccccc2)sc2c1CCN(Cc1ccccc1)C2.Cl. The summed E-state index contributed by atoms with van der Waals surface area (Å²) in [5.41, 5.74) is 2.82. The number of carbonyl (C=O) groups excluding carboxylic acids is 2. The monoisotopic (exact) mass is 502 g/mol. The van der Waals surface area contributed by atoms with Crippen molar-refractivity contribution in [2.24, 2.45) is 0 Å². The van der Waals surface area contributed by atoms with Crippen molar-refractivity contribution >= 4 is 52.4 Å². The van der Waals surface area contributed by atoms with E-state index < -0.39 is 0 Å². The molecule has 8 heteroatoms. The topological polar surface area (TPSA) is 58.6 Å². The van der Waals surface area contributed by atoms with Gasteiger partial charge >= 0.3 is 5.97 Å². The number of amides is 1. The van der Waals surface area contributed by atoms with Crippen molar-refractivity contribution in [3.63, 3.8) is 0 Å². The highest BCUT2D eigenvalue weighted by Gasteiger charge is 2.29. The number of benzene rings is 2. The van der Waals surface area contributed by atoms with E-state index in [9.17, 15) is 9.59 Å². The van der Waals surface area contributed by atoms with Crippen LogP contribution in [0.1, 0.15) is 33.3 Å². The second kappa shape index (κ2) is 12.2. The number of fused-ring (bicyclic) bond motifs is 1. The highest BCUT2D eigenvalue weighted by atomic mass is 35.5. The highest BCUT2D eigenvalue weighted by molar-refractivity contribution is 8.00. The van der Waals surface area contributed by atoms with Crippen LogP contribution in [0.3, 0.4) is 0 Å².